The van der Waals surface area contributed by atoms with Crippen molar-refractivity contribution in [3.8, 4) is 5.75 Å². The molecule has 18 heavy (non-hydrogen) atoms. The van der Waals surface area contributed by atoms with Gasteiger partial charge in [0.25, 0.3) is 5.91 Å². The second-order valence-corrected chi connectivity index (χ2v) is 5.51. The molecule has 2 unspecified atom stereocenters. The van der Waals surface area contributed by atoms with Crippen molar-refractivity contribution in [2.24, 2.45) is 5.92 Å². The zero-order chi connectivity index (χ0) is 13.1. The van der Waals surface area contributed by atoms with Gasteiger partial charge in [-0.15, -0.1) is 0 Å². The molecule has 1 amide bonds. The normalized spacial score (nSPS) is 23.7. The fraction of sp³-hybridized carbons (Fsp3) is 0.500. The molecule has 1 aliphatic rings. The molecule has 0 spiro atoms. The molecular weight excluding hydrogens is 250 g/mol. The summed E-state index contributed by atoms with van der Waals surface area (Å²) in [5.41, 5.74) is 0.342. The van der Waals surface area contributed by atoms with Gasteiger partial charge in [-0.1, -0.05) is 31.4 Å². The van der Waals surface area contributed by atoms with E-state index in [2.05, 4.69) is 12.2 Å². The average Bonchev–Trinajstić information content (AvgIpc) is 2.32. The number of rotatable bonds is 2. The molecule has 0 heterocycles. The standard InChI is InChI=1S/C14H18ClNO2/c1-9-3-2-4-10(7-9)16-14(18)12-8-11(17)5-6-13(12)15/h5-6,8-10,17H,2-4,7H2,1H3,(H,16,18). The van der Waals surface area contributed by atoms with Crippen LogP contribution in [0.1, 0.15) is 43.0 Å². The monoisotopic (exact) mass is 267 g/mol. The molecule has 0 saturated heterocycles. The minimum absolute atomic E-state index is 0.0570. The van der Waals surface area contributed by atoms with Crippen LogP contribution < -0.4 is 5.32 Å². The van der Waals surface area contributed by atoms with Gasteiger partial charge in [-0.05, 0) is 37.0 Å². The van der Waals surface area contributed by atoms with Gasteiger partial charge in [0.05, 0.1) is 10.6 Å². The van der Waals surface area contributed by atoms with Gasteiger partial charge >= 0.3 is 0 Å². The smallest absolute Gasteiger partial charge is 0.253 e. The molecule has 98 valence electrons. The fourth-order valence-electron chi connectivity index (χ4n) is 2.52. The number of halogens is 1. The SMILES string of the molecule is CC1CCCC(NC(=O)c2cc(O)ccc2Cl)C1. The van der Waals surface area contributed by atoms with Gasteiger partial charge in [0.15, 0.2) is 0 Å². The average molecular weight is 268 g/mol. The molecule has 0 bridgehead atoms. The van der Waals surface area contributed by atoms with Crippen LogP contribution in [0.15, 0.2) is 18.2 Å². The van der Waals surface area contributed by atoms with Crippen molar-refractivity contribution in [2.75, 3.05) is 0 Å². The molecule has 4 heteroatoms. The van der Waals surface area contributed by atoms with Crippen LogP contribution in [0.25, 0.3) is 0 Å². The van der Waals surface area contributed by atoms with Crippen molar-refractivity contribution in [1.29, 1.82) is 0 Å². The Hall–Kier alpha value is -1.22. The zero-order valence-corrected chi connectivity index (χ0v) is 11.2. The number of phenols is 1. The Labute approximate surface area is 112 Å². The van der Waals surface area contributed by atoms with E-state index in [1.54, 1.807) is 0 Å². The Balaban J connectivity index is 2.05. The van der Waals surface area contributed by atoms with E-state index >= 15 is 0 Å². The van der Waals surface area contributed by atoms with Gasteiger partial charge in [-0.25, -0.2) is 0 Å². The van der Waals surface area contributed by atoms with Crippen LogP contribution >= 0.6 is 11.6 Å². The lowest BCUT2D eigenvalue weighted by Gasteiger charge is -2.27. The Morgan fingerprint density at radius 1 is 1.44 bits per heavy atom. The predicted octanol–water partition coefficient (Wildman–Crippen LogP) is 3.35. The van der Waals surface area contributed by atoms with E-state index in [0.717, 1.165) is 19.3 Å². The first kappa shape index (κ1) is 13.2. The number of benzene rings is 1. The quantitative estimate of drug-likeness (QED) is 0.863. The number of hydrogen-bond donors (Lipinski definition) is 2. The second kappa shape index (κ2) is 5.61. The molecule has 0 aromatic heterocycles. The van der Waals surface area contributed by atoms with Gasteiger partial charge in [0, 0.05) is 6.04 Å². The third-order valence-corrected chi connectivity index (χ3v) is 3.80. The van der Waals surface area contributed by atoms with E-state index in [4.69, 9.17) is 11.6 Å². The highest BCUT2D eigenvalue weighted by Crippen LogP contribution is 2.25. The molecular formula is C14H18ClNO2. The number of amides is 1. The number of carbonyl (C=O) groups excluding carboxylic acids is 1. The van der Waals surface area contributed by atoms with Crippen molar-refractivity contribution in [3.63, 3.8) is 0 Å². The number of carbonyl (C=O) groups is 1. The van der Waals surface area contributed by atoms with E-state index in [-0.39, 0.29) is 17.7 Å². The summed E-state index contributed by atoms with van der Waals surface area (Å²) < 4.78 is 0. The van der Waals surface area contributed by atoms with E-state index in [0.29, 0.717) is 16.5 Å². The Bertz CT molecular complexity index is 447. The first-order valence-corrected chi connectivity index (χ1v) is 6.73. The summed E-state index contributed by atoms with van der Waals surface area (Å²) in [5.74, 6) is 0.514. The highest BCUT2D eigenvalue weighted by molar-refractivity contribution is 6.33. The van der Waals surface area contributed by atoms with E-state index in [1.807, 2.05) is 0 Å². The lowest BCUT2D eigenvalue weighted by molar-refractivity contribution is 0.0921. The number of aromatic hydroxyl groups is 1. The minimum atomic E-state index is -0.199. The topological polar surface area (TPSA) is 49.3 Å². The summed E-state index contributed by atoms with van der Waals surface area (Å²) in [4.78, 5) is 12.1. The number of hydrogen-bond acceptors (Lipinski definition) is 2. The molecule has 2 rings (SSSR count). The lowest BCUT2D eigenvalue weighted by Crippen LogP contribution is -2.38. The minimum Gasteiger partial charge on any atom is -0.508 e. The Kier molecular flexibility index (Phi) is 4.12. The van der Waals surface area contributed by atoms with Crippen LogP contribution in [0.4, 0.5) is 0 Å². The molecule has 0 aliphatic heterocycles. The first-order chi connectivity index (χ1) is 8.56. The van der Waals surface area contributed by atoms with Gasteiger partial charge in [-0.2, -0.15) is 0 Å². The Morgan fingerprint density at radius 2 is 2.22 bits per heavy atom. The third-order valence-electron chi connectivity index (χ3n) is 3.47. The lowest BCUT2D eigenvalue weighted by atomic mass is 9.87. The molecule has 0 radical (unpaired) electrons. The maximum Gasteiger partial charge on any atom is 0.253 e. The molecule has 3 nitrogen and oxygen atoms in total. The first-order valence-electron chi connectivity index (χ1n) is 6.35. The summed E-state index contributed by atoms with van der Waals surface area (Å²) in [5, 5.41) is 12.8. The number of nitrogens with one attached hydrogen (secondary N) is 1. The van der Waals surface area contributed by atoms with Gasteiger partial charge in [0.1, 0.15) is 5.75 Å². The van der Waals surface area contributed by atoms with Crippen LogP contribution in [0, 0.1) is 5.92 Å². The van der Waals surface area contributed by atoms with Crippen molar-refractivity contribution in [2.45, 2.75) is 38.6 Å². The molecule has 1 aromatic rings. The summed E-state index contributed by atoms with van der Waals surface area (Å²) >= 11 is 5.97. The highest BCUT2D eigenvalue weighted by Gasteiger charge is 2.21. The molecule has 2 N–H and O–H groups in total. The van der Waals surface area contributed by atoms with Crippen LogP contribution in [0.5, 0.6) is 5.75 Å². The largest absolute Gasteiger partial charge is 0.508 e. The third kappa shape index (κ3) is 3.16. The van der Waals surface area contributed by atoms with Crippen molar-refractivity contribution in [1.82, 2.24) is 5.32 Å². The van der Waals surface area contributed by atoms with Crippen LogP contribution in [-0.2, 0) is 0 Å². The number of phenolic OH excluding ortho intramolecular Hbond substituents is 1. The van der Waals surface area contributed by atoms with Crippen molar-refractivity contribution >= 4 is 17.5 Å². The summed E-state index contributed by atoms with van der Waals surface area (Å²) in [6, 6.07) is 4.64. The summed E-state index contributed by atoms with van der Waals surface area (Å²) in [6.07, 6.45) is 4.42. The van der Waals surface area contributed by atoms with E-state index < -0.39 is 0 Å². The molecule has 2 atom stereocenters. The Morgan fingerprint density at radius 3 is 2.94 bits per heavy atom. The van der Waals surface area contributed by atoms with Gasteiger partial charge in [-0.3, -0.25) is 4.79 Å². The van der Waals surface area contributed by atoms with Crippen LogP contribution in [0.2, 0.25) is 5.02 Å². The molecule has 1 fully saturated rings. The maximum atomic E-state index is 12.1. The zero-order valence-electron chi connectivity index (χ0n) is 10.4. The van der Waals surface area contributed by atoms with Gasteiger partial charge in [0.2, 0.25) is 0 Å². The summed E-state index contributed by atoms with van der Waals surface area (Å²) in [6.45, 7) is 2.21. The predicted molar refractivity (Wildman–Crippen MR) is 72.0 cm³/mol. The fourth-order valence-corrected chi connectivity index (χ4v) is 2.72. The van der Waals surface area contributed by atoms with Gasteiger partial charge < -0.3 is 10.4 Å². The van der Waals surface area contributed by atoms with Crippen molar-refractivity contribution in [3.05, 3.63) is 28.8 Å². The maximum absolute atomic E-state index is 12.1. The van der Waals surface area contributed by atoms with Crippen molar-refractivity contribution < 1.29 is 9.90 Å². The van der Waals surface area contributed by atoms with Crippen LogP contribution in [0.3, 0.4) is 0 Å². The molecule has 1 aliphatic carbocycles. The highest BCUT2D eigenvalue weighted by atomic mass is 35.5. The van der Waals surface area contributed by atoms with E-state index in [9.17, 15) is 9.90 Å². The molecule has 1 aromatic carbocycles. The van der Waals surface area contributed by atoms with E-state index in [1.165, 1.54) is 24.6 Å². The summed E-state index contributed by atoms with van der Waals surface area (Å²) in [7, 11) is 0. The second-order valence-electron chi connectivity index (χ2n) is 5.11. The molecule has 1 saturated carbocycles. The van der Waals surface area contributed by atoms with Crippen LogP contribution in [-0.4, -0.2) is 17.1 Å².